The van der Waals surface area contributed by atoms with Crippen LogP contribution in [0.15, 0.2) is 18.2 Å². The average molecular weight is 253 g/mol. The first-order valence-electron chi connectivity index (χ1n) is 6.23. The van der Waals surface area contributed by atoms with Gasteiger partial charge in [-0.3, -0.25) is 0 Å². The minimum atomic E-state index is -0.245. The molecule has 1 aliphatic rings. The van der Waals surface area contributed by atoms with Crippen molar-refractivity contribution in [1.82, 2.24) is 4.90 Å². The molecular formula is C14H20FNO2. The highest BCUT2D eigenvalue weighted by atomic mass is 19.1. The van der Waals surface area contributed by atoms with E-state index in [4.69, 9.17) is 9.47 Å². The molecule has 1 saturated heterocycles. The highest BCUT2D eigenvalue weighted by molar-refractivity contribution is 5.36. The summed E-state index contributed by atoms with van der Waals surface area (Å²) in [5.74, 6) is 0.456. The van der Waals surface area contributed by atoms with Gasteiger partial charge in [0.2, 0.25) is 0 Å². The number of rotatable bonds is 4. The lowest BCUT2D eigenvalue weighted by molar-refractivity contribution is 0.0293. The Labute approximate surface area is 107 Å². The van der Waals surface area contributed by atoms with Gasteiger partial charge in [0.25, 0.3) is 0 Å². The van der Waals surface area contributed by atoms with Gasteiger partial charge in [0.15, 0.2) is 0 Å². The Balaban J connectivity index is 2.11. The van der Waals surface area contributed by atoms with Gasteiger partial charge >= 0.3 is 0 Å². The van der Waals surface area contributed by atoms with E-state index in [1.54, 1.807) is 13.2 Å². The van der Waals surface area contributed by atoms with Crippen molar-refractivity contribution in [1.29, 1.82) is 0 Å². The van der Waals surface area contributed by atoms with E-state index in [0.717, 1.165) is 24.9 Å². The molecule has 0 N–H and O–H groups in total. The maximum atomic E-state index is 13.3. The third-order valence-corrected chi connectivity index (χ3v) is 3.21. The van der Waals surface area contributed by atoms with Crippen LogP contribution in [0, 0.1) is 5.82 Å². The zero-order valence-corrected chi connectivity index (χ0v) is 11.1. The molecule has 1 aromatic carbocycles. The largest absolute Gasteiger partial charge is 0.496 e. The molecule has 0 bridgehead atoms. The summed E-state index contributed by atoms with van der Waals surface area (Å²) in [5, 5.41) is 0. The number of hydrogen-bond acceptors (Lipinski definition) is 3. The predicted octanol–water partition coefficient (Wildman–Crippen LogP) is 2.62. The molecular weight excluding hydrogens is 233 g/mol. The third-order valence-electron chi connectivity index (χ3n) is 3.21. The molecule has 1 aromatic rings. The molecule has 100 valence electrons. The minimum Gasteiger partial charge on any atom is -0.496 e. The quantitative estimate of drug-likeness (QED) is 0.823. The standard InChI is InChI=1S/C14H20FNO2/c1-16(2)9-11-5-7-14(18-11)12-8-10(15)4-6-13(12)17-3/h4,6,8,11,14H,5,7,9H2,1-3H3/t11-,14-/m0/s1. The van der Waals surface area contributed by atoms with Crippen LogP contribution in [0.5, 0.6) is 5.75 Å². The Bertz CT molecular complexity index is 409. The van der Waals surface area contributed by atoms with Gasteiger partial charge in [-0.15, -0.1) is 0 Å². The zero-order chi connectivity index (χ0) is 13.1. The Morgan fingerprint density at radius 2 is 2.17 bits per heavy atom. The molecule has 0 aliphatic carbocycles. The van der Waals surface area contributed by atoms with Crippen molar-refractivity contribution >= 4 is 0 Å². The Morgan fingerprint density at radius 3 is 2.83 bits per heavy atom. The number of nitrogens with zero attached hydrogens (tertiary/aromatic N) is 1. The number of hydrogen-bond donors (Lipinski definition) is 0. The molecule has 0 unspecified atom stereocenters. The van der Waals surface area contributed by atoms with Crippen LogP contribution < -0.4 is 4.74 Å². The van der Waals surface area contributed by atoms with Gasteiger partial charge in [-0.25, -0.2) is 4.39 Å². The number of methoxy groups -OCH3 is 1. The first kappa shape index (κ1) is 13.3. The fourth-order valence-corrected chi connectivity index (χ4v) is 2.43. The summed E-state index contributed by atoms with van der Waals surface area (Å²) in [7, 11) is 5.65. The van der Waals surface area contributed by atoms with Crippen LogP contribution in [0.2, 0.25) is 0 Å². The van der Waals surface area contributed by atoms with Gasteiger partial charge in [0.1, 0.15) is 11.6 Å². The van der Waals surface area contributed by atoms with Crippen molar-refractivity contribution in [3.8, 4) is 5.75 Å². The molecule has 1 fully saturated rings. The fourth-order valence-electron chi connectivity index (χ4n) is 2.43. The number of halogens is 1. The van der Waals surface area contributed by atoms with E-state index < -0.39 is 0 Å². The number of likely N-dealkylation sites (N-methyl/N-ethyl adjacent to an activating group) is 1. The van der Waals surface area contributed by atoms with Crippen LogP contribution in [-0.2, 0) is 4.74 Å². The molecule has 2 rings (SSSR count). The molecule has 0 amide bonds. The van der Waals surface area contributed by atoms with Gasteiger partial charge in [0.05, 0.1) is 19.3 Å². The summed E-state index contributed by atoms with van der Waals surface area (Å²) >= 11 is 0. The van der Waals surface area contributed by atoms with E-state index in [1.165, 1.54) is 12.1 Å². The molecule has 0 spiro atoms. The summed E-state index contributed by atoms with van der Waals surface area (Å²) in [4.78, 5) is 2.11. The van der Waals surface area contributed by atoms with E-state index in [9.17, 15) is 4.39 Å². The molecule has 1 heterocycles. The zero-order valence-electron chi connectivity index (χ0n) is 11.1. The van der Waals surface area contributed by atoms with Crippen molar-refractivity contribution in [2.45, 2.75) is 25.0 Å². The van der Waals surface area contributed by atoms with Crippen molar-refractivity contribution in [2.24, 2.45) is 0 Å². The van der Waals surface area contributed by atoms with E-state index in [1.807, 2.05) is 14.1 Å². The second-order valence-corrected chi connectivity index (χ2v) is 4.97. The van der Waals surface area contributed by atoms with Crippen molar-refractivity contribution < 1.29 is 13.9 Å². The lowest BCUT2D eigenvalue weighted by atomic mass is 10.0. The molecule has 0 aromatic heterocycles. The monoisotopic (exact) mass is 253 g/mol. The van der Waals surface area contributed by atoms with Crippen molar-refractivity contribution in [3.63, 3.8) is 0 Å². The Hall–Kier alpha value is -1.13. The van der Waals surface area contributed by atoms with E-state index in [0.29, 0.717) is 5.75 Å². The SMILES string of the molecule is COc1ccc(F)cc1[C@@H]1CC[C@@H](CN(C)C)O1. The summed E-state index contributed by atoms with van der Waals surface area (Å²) in [6.45, 7) is 0.897. The third kappa shape index (κ3) is 3.00. The fraction of sp³-hybridized carbons (Fsp3) is 0.571. The van der Waals surface area contributed by atoms with Crippen LogP contribution in [0.3, 0.4) is 0 Å². The summed E-state index contributed by atoms with van der Waals surface area (Å²) in [6.07, 6.45) is 2.08. The van der Waals surface area contributed by atoms with Gasteiger partial charge < -0.3 is 14.4 Å². The molecule has 3 nitrogen and oxygen atoms in total. The summed E-state index contributed by atoms with van der Waals surface area (Å²) in [5.41, 5.74) is 0.818. The minimum absolute atomic E-state index is 0.0550. The Kier molecular flexibility index (Phi) is 4.19. The number of benzene rings is 1. The second kappa shape index (κ2) is 5.67. The first-order valence-corrected chi connectivity index (χ1v) is 6.23. The molecule has 4 heteroatoms. The van der Waals surface area contributed by atoms with Crippen LogP contribution in [-0.4, -0.2) is 38.8 Å². The molecule has 1 aliphatic heterocycles. The van der Waals surface area contributed by atoms with Gasteiger partial charge in [0, 0.05) is 12.1 Å². The molecule has 0 saturated carbocycles. The van der Waals surface area contributed by atoms with Gasteiger partial charge in [-0.2, -0.15) is 0 Å². The second-order valence-electron chi connectivity index (χ2n) is 4.97. The summed E-state index contributed by atoms with van der Waals surface area (Å²) < 4.78 is 24.6. The van der Waals surface area contributed by atoms with E-state index >= 15 is 0 Å². The smallest absolute Gasteiger partial charge is 0.124 e. The van der Waals surface area contributed by atoms with Crippen molar-refractivity contribution in [3.05, 3.63) is 29.6 Å². The molecule has 0 radical (unpaired) electrons. The van der Waals surface area contributed by atoms with Crippen LogP contribution in [0.4, 0.5) is 4.39 Å². The normalized spacial score (nSPS) is 23.6. The number of ether oxygens (including phenoxy) is 2. The summed E-state index contributed by atoms with van der Waals surface area (Å²) in [6, 6.07) is 4.59. The lowest BCUT2D eigenvalue weighted by Gasteiger charge is -2.19. The maximum absolute atomic E-state index is 13.3. The van der Waals surface area contributed by atoms with Crippen LogP contribution in [0.1, 0.15) is 24.5 Å². The highest BCUT2D eigenvalue weighted by Gasteiger charge is 2.29. The molecule has 18 heavy (non-hydrogen) atoms. The van der Waals surface area contributed by atoms with Crippen LogP contribution >= 0.6 is 0 Å². The molecule has 2 atom stereocenters. The van der Waals surface area contributed by atoms with E-state index in [2.05, 4.69) is 4.90 Å². The highest BCUT2D eigenvalue weighted by Crippen LogP contribution is 2.37. The van der Waals surface area contributed by atoms with Crippen molar-refractivity contribution in [2.75, 3.05) is 27.7 Å². The first-order chi connectivity index (χ1) is 8.60. The van der Waals surface area contributed by atoms with Gasteiger partial charge in [-0.05, 0) is 45.1 Å². The lowest BCUT2D eigenvalue weighted by Crippen LogP contribution is -2.25. The van der Waals surface area contributed by atoms with E-state index in [-0.39, 0.29) is 18.0 Å². The topological polar surface area (TPSA) is 21.7 Å². The average Bonchev–Trinajstić information content (AvgIpc) is 2.76. The maximum Gasteiger partial charge on any atom is 0.124 e. The predicted molar refractivity (Wildman–Crippen MR) is 68.4 cm³/mol. The van der Waals surface area contributed by atoms with Crippen LogP contribution in [0.25, 0.3) is 0 Å². The Morgan fingerprint density at radius 1 is 1.39 bits per heavy atom. The van der Waals surface area contributed by atoms with Gasteiger partial charge in [-0.1, -0.05) is 0 Å².